The molecule has 1 aromatic rings. The molecule has 1 aliphatic carbocycles. The fourth-order valence-electron chi connectivity index (χ4n) is 1.29. The largest absolute Gasteiger partial charge is 0.308 e. The van der Waals surface area contributed by atoms with Crippen LogP contribution in [-0.2, 0) is 4.79 Å². The van der Waals surface area contributed by atoms with Gasteiger partial charge in [0.2, 0.25) is 5.91 Å². The van der Waals surface area contributed by atoms with Crippen molar-refractivity contribution >= 4 is 34.8 Å². The third-order valence-corrected chi connectivity index (χ3v) is 3.16. The quantitative estimate of drug-likeness (QED) is 0.850. The molecule has 1 saturated carbocycles. The number of halogens is 1. The van der Waals surface area contributed by atoms with E-state index in [2.05, 4.69) is 15.6 Å². The molecule has 6 heteroatoms. The maximum Gasteiger partial charge on any atom is 0.240 e. The van der Waals surface area contributed by atoms with Gasteiger partial charge in [0, 0.05) is 5.38 Å². The highest BCUT2D eigenvalue weighted by atomic mass is 35.5. The van der Waals surface area contributed by atoms with Crippen molar-refractivity contribution in [2.75, 3.05) is 18.4 Å². The minimum atomic E-state index is -0.00926. The summed E-state index contributed by atoms with van der Waals surface area (Å²) in [4.78, 5) is 15.6. The number of carbonyl (C=O) groups is 1. The van der Waals surface area contributed by atoms with Crippen LogP contribution in [0.25, 0.3) is 0 Å². The van der Waals surface area contributed by atoms with Crippen LogP contribution in [0.4, 0.5) is 5.13 Å². The highest BCUT2D eigenvalue weighted by molar-refractivity contribution is 7.13. The number of nitrogens with zero attached hydrogens (tertiary/aromatic N) is 1. The van der Waals surface area contributed by atoms with E-state index in [1.807, 2.05) is 12.3 Å². The summed E-state index contributed by atoms with van der Waals surface area (Å²) in [6, 6.07) is 0. The number of thiazole rings is 1. The summed E-state index contributed by atoms with van der Waals surface area (Å²) in [6.45, 7) is 3.26. The standard InChI is InChI=1S/C10H15N3OS.ClH/c1-7-6-15-10(12-7)13-9(14)5-11-4-8-2-3-8;/h6,8,11H,2-5H2,1H3,(H,12,13,14);1H. The Kier molecular flexibility index (Phi) is 5.18. The zero-order valence-electron chi connectivity index (χ0n) is 9.16. The van der Waals surface area contributed by atoms with Crippen LogP contribution in [0.5, 0.6) is 0 Å². The van der Waals surface area contributed by atoms with Gasteiger partial charge >= 0.3 is 0 Å². The molecule has 0 aromatic carbocycles. The van der Waals surface area contributed by atoms with Crippen LogP contribution < -0.4 is 10.6 Å². The van der Waals surface area contributed by atoms with Gasteiger partial charge in [0.15, 0.2) is 5.13 Å². The monoisotopic (exact) mass is 261 g/mol. The van der Waals surface area contributed by atoms with E-state index in [0.717, 1.165) is 18.2 Å². The normalized spacial score (nSPS) is 14.3. The first-order valence-electron chi connectivity index (χ1n) is 5.17. The lowest BCUT2D eigenvalue weighted by molar-refractivity contribution is -0.115. The average Bonchev–Trinajstić information content (AvgIpc) is 2.91. The Morgan fingerprint density at radius 2 is 2.38 bits per heavy atom. The first-order chi connectivity index (χ1) is 7.24. The third kappa shape index (κ3) is 4.47. The van der Waals surface area contributed by atoms with Crippen molar-refractivity contribution < 1.29 is 4.79 Å². The number of hydrogen-bond acceptors (Lipinski definition) is 4. The lowest BCUT2D eigenvalue weighted by Gasteiger charge is -2.02. The first-order valence-corrected chi connectivity index (χ1v) is 6.04. The maximum atomic E-state index is 11.4. The molecule has 0 bridgehead atoms. The van der Waals surface area contributed by atoms with Crippen LogP contribution in [-0.4, -0.2) is 24.0 Å². The van der Waals surface area contributed by atoms with Gasteiger partial charge < -0.3 is 10.6 Å². The van der Waals surface area contributed by atoms with Crippen LogP contribution in [0.1, 0.15) is 18.5 Å². The van der Waals surface area contributed by atoms with Crippen LogP contribution >= 0.6 is 23.7 Å². The molecule has 16 heavy (non-hydrogen) atoms. The molecule has 4 nitrogen and oxygen atoms in total. The predicted octanol–water partition coefficient (Wildman–Crippen LogP) is 1.81. The summed E-state index contributed by atoms with van der Waals surface area (Å²) in [6.07, 6.45) is 2.61. The van der Waals surface area contributed by atoms with E-state index in [1.54, 1.807) is 0 Å². The second-order valence-electron chi connectivity index (χ2n) is 3.92. The van der Waals surface area contributed by atoms with Crippen molar-refractivity contribution in [2.45, 2.75) is 19.8 Å². The second-order valence-corrected chi connectivity index (χ2v) is 4.77. The minimum absolute atomic E-state index is 0. The van der Waals surface area contributed by atoms with Crippen molar-refractivity contribution in [2.24, 2.45) is 5.92 Å². The molecular formula is C10H16ClN3OS. The van der Waals surface area contributed by atoms with Gasteiger partial charge in [-0.1, -0.05) is 0 Å². The Balaban J connectivity index is 0.00000128. The molecule has 1 amide bonds. The predicted molar refractivity (Wildman–Crippen MR) is 68.3 cm³/mol. The van der Waals surface area contributed by atoms with Crippen molar-refractivity contribution in [3.63, 3.8) is 0 Å². The molecule has 0 radical (unpaired) electrons. The SMILES string of the molecule is Cc1csc(NC(=O)CNCC2CC2)n1.Cl. The molecule has 1 aliphatic rings. The van der Waals surface area contributed by atoms with Gasteiger partial charge in [0.25, 0.3) is 0 Å². The number of anilines is 1. The molecule has 0 spiro atoms. The molecular weight excluding hydrogens is 246 g/mol. The Labute approximate surface area is 105 Å². The zero-order chi connectivity index (χ0) is 10.7. The minimum Gasteiger partial charge on any atom is -0.308 e. The zero-order valence-corrected chi connectivity index (χ0v) is 10.8. The summed E-state index contributed by atoms with van der Waals surface area (Å²) >= 11 is 1.46. The van der Waals surface area contributed by atoms with Gasteiger partial charge in [-0.05, 0) is 32.2 Å². The Morgan fingerprint density at radius 3 is 2.94 bits per heavy atom. The molecule has 0 saturated heterocycles. The van der Waals surface area contributed by atoms with E-state index in [-0.39, 0.29) is 18.3 Å². The third-order valence-electron chi connectivity index (χ3n) is 2.28. The van der Waals surface area contributed by atoms with E-state index in [4.69, 9.17) is 0 Å². The van der Waals surface area contributed by atoms with E-state index < -0.39 is 0 Å². The van der Waals surface area contributed by atoms with Gasteiger partial charge in [-0.2, -0.15) is 0 Å². The average molecular weight is 262 g/mol. The van der Waals surface area contributed by atoms with Crippen LogP contribution in [0.15, 0.2) is 5.38 Å². The van der Waals surface area contributed by atoms with Crippen molar-refractivity contribution in [1.29, 1.82) is 0 Å². The molecule has 0 unspecified atom stereocenters. The molecule has 1 fully saturated rings. The van der Waals surface area contributed by atoms with Gasteiger partial charge in [-0.3, -0.25) is 4.79 Å². The van der Waals surface area contributed by atoms with Gasteiger partial charge in [0.05, 0.1) is 12.2 Å². The summed E-state index contributed by atoms with van der Waals surface area (Å²) < 4.78 is 0. The van der Waals surface area contributed by atoms with Crippen LogP contribution in [0.2, 0.25) is 0 Å². The van der Waals surface area contributed by atoms with E-state index in [0.29, 0.717) is 11.7 Å². The molecule has 90 valence electrons. The molecule has 1 heterocycles. The number of aromatic nitrogens is 1. The first kappa shape index (κ1) is 13.4. The van der Waals surface area contributed by atoms with E-state index >= 15 is 0 Å². The summed E-state index contributed by atoms with van der Waals surface area (Å²) in [5.41, 5.74) is 0.946. The smallest absolute Gasteiger partial charge is 0.240 e. The van der Waals surface area contributed by atoms with Gasteiger partial charge in [-0.25, -0.2) is 4.98 Å². The lowest BCUT2D eigenvalue weighted by atomic mass is 10.4. The summed E-state index contributed by atoms with van der Waals surface area (Å²) in [5.74, 6) is 0.796. The molecule has 1 aromatic heterocycles. The van der Waals surface area contributed by atoms with Crippen molar-refractivity contribution in [3.05, 3.63) is 11.1 Å². The Hall–Kier alpha value is -0.650. The van der Waals surface area contributed by atoms with Gasteiger partial charge in [0.1, 0.15) is 0 Å². The number of amides is 1. The van der Waals surface area contributed by atoms with Gasteiger partial charge in [-0.15, -0.1) is 23.7 Å². The summed E-state index contributed by atoms with van der Waals surface area (Å²) in [5, 5.41) is 8.51. The van der Waals surface area contributed by atoms with Crippen molar-refractivity contribution in [1.82, 2.24) is 10.3 Å². The number of hydrogen-bond donors (Lipinski definition) is 2. The second kappa shape index (κ2) is 6.18. The molecule has 0 atom stereocenters. The fourth-order valence-corrected chi connectivity index (χ4v) is 1.99. The van der Waals surface area contributed by atoms with E-state index in [9.17, 15) is 4.79 Å². The lowest BCUT2D eigenvalue weighted by Crippen LogP contribution is -2.29. The number of nitrogens with one attached hydrogen (secondary N) is 2. The fraction of sp³-hybridized carbons (Fsp3) is 0.600. The van der Waals surface area contributed by atoms with E-state index in [1.165, 1.54) is 24.2 Å². The van der Waals surface area contributed by atoms with Crippen LogP contribution in [0, 0.1) is 12.8 Å². The molecule has 2 rings (SSSR count). The highest BCUT2D eigenvalue weighted by Crippen LogP contribution is 2.27. The maximum absolute atomic E-state index is 11.4. The van der Waals surface area contributed by atoms with Crippen LogP contribution in [0.3, 0.4) is 0 Å². The Morgan fingerprint density at radius 1 is 1.62 bits per heavy atom. The molecule has 0 aliphatic heterocycles. The topological polar surface area (TPSA) is 54.0 Å². The highest BCUT2D eigenvalue weighted by Gasteiger charge is 2.20. The van der Waals surface area contributed by atoms with Crippen molar-refractivity contribution in [3.8, 4) is 0 Å². The molecule has 2 N–H and O–H groups in total. The number of rotatable bonds is 5. The Bertz CT molecular complexity index is 352. The number of carbonyl (C=O) groups excluding carboxylic acids is 1. The summed E-state index contributed by atoms with van der Waals surface area (Å²) in [7, 11) is 0. The number of aryl methyl sites for hydroxylation is 1.